The summed E-state index contributed by atoms with van der Waals surface area (Å²) in [6, 6.07) is 8.57. The minimum absolute atomic E-state index is 0.113. The highest BCUT2D eigenvalue weighted by molar-refractivity contribution is 6.42. The van der Waals surface area contributed by atoms with E-state index in [0.29, 0.717) is 15.7 Å². The summed E-state index contributed by atoms with van der Waals surface area (Å²) in [5.74, 6) is -0.500. The number of rotatable bonds is 2. The third-order valence-electron chi connectivity index (χ3n) is 2.55. The van der Waals surface area contributed by atoms with Gasteiger partial charge in [0.05, 0.1) is 15.7 Å². The Bertz CT molecular complexity index is 662. The summed E-state index contributed by atoms with van der Waals surface area (Å²) in [4.78, 5) is 11.8. The molecule has 2 aromatic rings. The van der Waals surface area contributed by atoms with E-state index in [1.54, 1.807) is 24.3 Å². The number of hydrogen-bond donors (Lipinski definition) is 2. The summed E-state index contributed by atoms with van der Waals surface area (Å²) in [7, 11) is 0. The van der Waals surface area contributed by atoms with E-state index in [9.17, 15) is 9.18 Å². The molecule has 20 heavy (non-hydrogen) atoms. The lowest BCUT2D eigenvalue weighted by Crippen LogP contribution is -2.20. The zero-order valence-electron chi connectivity index (χ0n) is 10.5. The largest absolute Gasteiger partial charge is 0.323 e. The van der Waals surface area contributed by atoms with Crippen molar-refractivity contribution in [2.45, 2.75) is 6.92 Å². The molecule has 0 atom stereocenters. The van der Waals surface area contributed by atoms with Crippen molar-refractivity contribution < 1.29 is 9.18 Å². The topological polar surface area (TPSA) is 41.1 Å². The van der Waals surface area contributed by atoms with Crippen LogP contribution >= 0.6 is 23.2 Å². The second kappa shape index (κ2) is 6.11. The molecule has 0 aliphatic heterocycles. The molecule has 0 radical (unpaired) electrons. The Labute approximate surface area is 125 Å². The molecule has 6 heteroatoms. The number of carbonyl (C=O) groups is 1. The van der Waals surface area contributed by atoms with Gasteiger partial charge >= 0.3 is 6.03 Å². The number of hydrogen-bond acceptors (Lipinski definition) is 1. The van der Waals surface area contributed by atoms with Gasteiger partial charge in [0.2, 0.25) is 0 Å². The third kappa shape index (κ3) is 3.62. The lowest BCUT2D eigenvalue weighted by Gasteiger charge is -2.09. The van der Waals surface area contributed by atoms with E-state index < -0.39 is 11.8 Å². The van der Waals surface area contributed by atoms with Crippen molar-refractivity contribution in [2.24, 2.45) is 0 Å². The third-order valence-corrected chi connectivity index (χ3v) is 3.29. The molecule has 0 saturated heterocycles. The molecule has 0 aliphatic carbocycles. The lowest BCUT2D eigenvalue weighted by atomic mass is 10.2. The molecule has 104 valence electrons. The number of nitrogens with one attached hydrogen (secondary N) is 2. The van der Waals surface area contributed by atoms with E-state index in [2.05, 4.69) is 10.6 Å². The average Bonchev–Trinajstić information content (AvgIpc) is 2.38. The first kappa shape index (κ1) is 14.6. The minimum Gasteiger partial charge on any atom is -0.308 e. The molecule has 0 fully saturated rings. The van der Waals surface area contributed by atoms with Gasteiger partial charge in [-0.25, -0.2) is 9.18 Å². The van der Waals surface area contributed by atoms with E-state index in [0.717, 1.165) is 5.56 Å². The zero-order chi connectivity index (χ0) is 14.7. The molecule has 0 unspecified atom stereocenters. The first-order valence-electron chi connectivity index (χ1n) is 5.75. The molecule has 0 bridgehead atoms. The van der Waals surface area contributed by atoms with Crippen LogP contribution in [0.4, 0.5) is 20.6 Å². The second-order valence-corrected chi connectivity index (χ2v) is 5.01. The minimum atomic E-state index is -0.562. The Balaban J connectivity index is 2.09. The molecule has 0 spiro atoms. The highest BCUT2D eigenvalue weighted by atomic mass is 35.5. The van der Waals surface area contributed by atoms with Gasteiger partial charge in [-0.05, 0) is 42.8 Å². The smallest absolute Gasteiger partial charge is 0.308 e. The monoisotopic (exact) mass is 312 g/mol. The van der Waals surface area contributed by atoms with Crippen molar-refractivity contribution in [1.29, 1.82) is 0 Å². The van der Waals surface area contributed by atoms with E-state index in [4.69, 9.17) is 23.2 Å². The quantitative estimate of drug-likeness (QED) is 0.797. The van der Waals surface area contributed by atoms with E-state index in [-0.39, 0.29) is 5.69 Å². The summed E-state index contributed by atoms with van der Waals surface area (Å²) < 4.78 is 13.5. The van der Waals surface area contributed by atoms with Crippen LogP contribution in [0, 0.1) is 12.7 Å². The normalized spacial score (nSPS) is 10.2. The molecule has 0 saturated carbocycles. The van der Waals surface area contributed by atoms with Crippen molar-refractivity contribution in [3.63, 3.8) is 0 Å². The molecule has 2 N–H and O–H groups in total. The van der Waals surface area contributed by atoms with Crippen molar-refractivity contribution >= 4 is 40.6 Å². The Morgan fingerprint density at radius 2 is 1.80 bits per heavy atom. The number of halogens is 3. The van der Waals surface area contributed by atoms with Crippen LogP contribution in [0.3, 0.4) is 0 Å². The standard InChI is InChI=1S/C14H11Cl2FN2O/c1-8-2-5-12(17)13(6-8)19-14(20)18-9-3-4-10(15)11(16)7-9/h2-7H,1H3,(H2,18,19,20). The Morgan fingerprint density at radius 1 is 1.05 bits per heavy atom. The van der Waals surface area contributed by atoms with Crippen LogP contribution in [0.5, 0.6) is 0 Å². The van der Waals surface area contributed by atoms with Gasteiger partial charge in [0, 0.05) is 5.69 Å². The van der Waals surface area contributed by atoms with Crippen LogP contribution in [0.25, 0.3) is 0 Å². The summed E-state index contributed by atoms with van der Waals surface area (Å²) in [5, 5.41) is 5.69. The van der Waals surface area contributed by atoms with E-state index in [1.807, 2.05) is 6.92 Å². The highest BCUT2D eigenvalue weighted by Gasteiger charge is 2.08. The molecular weight excluding hydrogens is 302 g/mol. The average molecular weight is 313 g/mol. The van der Waals surface area contributed by atoms with Gasteiger partial charge in [-0.15, -0.1) is 0 Å². The van der Waals surface area contributed by atoms with Gasteiger partial charge in [-0.3, -0.25) is 0 Å². The molecule has 3 nitrogen and oxygen atoms in total. The summed E-state index contributed by atoms with van der Waals surface area (Å²) in [5.41, 5.74) is 1.42. The first-order chi connectivity index (χ1) is 9.45. The fourth-order valence-corrected chi connectivity index (χ4v) is 1.89. The summed E-state index contributed by atoms with van der Waals surface area (Å²) in [6.07, 6.45) is 0. The van der Waals surface area contributed by atoms with Gasteiger partial charge in [0.15, 0.2) is 0 Å². The molecule has 0 aliphatic rings. The molecule has 0 aromatic heterocycles. The van der Waals surface area contributed by atoms with Gasteiger partial charge in [-0.1, -0.05) is 29.3 Å². The number of amides is 2. The molecule has 2 amide bonds. The van der Waals surface area contributed by atoms with Gasteiger partial charge in [0.1, 0.15) is 5.82 Å². The van der Waals surface area contributed by atoms with Gasteiger partial charge < -0.3 is 10.6 Å². The Morgan fingerprint density at radius 3 is 2.50 bits per heavy atom. The van der Waals surface area contributed by atoms with Crippen LogP contribution in [-0.2, 0) is 0 Å². The Hall–Kier alpha value is -1.78. The van der Waals surface area contributed by atoms with Crippen molar-refractivity contribution in [2.75, 3.05) is 10.6 Å². The van der Waals surface area contributed by atoms with Crippen molar-refractivity contribution in [3.05, 3.63) is 57.8 Å². The molecular formula is C14H11Cl2FN2O. The van der Waals surface area contributed by atoms with Crippen LogP contribution in [0.15, 0.2) is 36.4 Å². The molecule has 2 rings (SSSR count). The maximum absolute atomic E-state index is 13.5. The number of urea groups is 1. The van der Waals surface area contributed by atoms with E-state index >= 15 is 0 Å². The summed E-state index contributed by atoms with van der Waals surface area (Å²) in [6.45, 7) is 1.81. The zero-order valence-corrected chi connectivity index (χ0v) is 12.0. The van der Waals surface area contributed by atoms with Crippen LogP contribution in [-0.4, -0.2) is 6.03 Å². The van der Waals surface area contributed by atoms with Gasteiger partial charge in [0.25, 0.3) is 0 Å². The lowest BCUT2D eigenvalue weighted by molar-refractivity contribution is 0.262. The summed E-state index contributed by atoms with van der Waals surface area (Å²) >= 11 is 11.6. The maximum Gasteiger partial charge on any atom is 0.323 e. The number of anilines is 2. The van der Waals surface area contributed by atoms with E-state index in [1.165, 1.54) is 12.1 Å². The highest BCUT2D eigenvalue weighted by Crippen LogP contribution is 2.25. The fourth-order valence-electron chi connectivity index (χ4n) is 1.59. The van der Waals surface area contributed by atoms with Gasteiger partial charge in [-0.2, -0.15) is 0 Å². The van der Waals surface area contributed by atoms with Crippen molar-refractivity contribution in [3.8, 4) is 0 Å². The Kier molecular flexibility index (Phi) is 4.47. The maximum atomic E-state index is 13.5. The SMILES string of the molecule is Cc1ccc(F)c(NC(=O)Nc2ccc(Cl)c(Cl)c2)c1. The second-order valence-electron chi connectivity index (χ2n) is 4.19. The number of aryl methyl sites for hydroxylation is 1. The first-order valence-corrected chi connectivity index (χ1v) is 6.50. The molecule has 0 heterocycles. The number of carbonyl (C=O) groups excluding carboxylic acids is 1. The molecule has 2 aromatic carbocycles. The predicted octanol–water partition coefficient (Wildman–Crippen LogP) is 5.08. The van der Waals surface area contributed by atoms with Crippen LogP contribution in [0.1, 0.15) is 5.56 Å². The fraction of sp³-hybridized carbons (Fsp3) is 0.0714. The predicted molar refractivity (Wildman–Crippen MR) is 80.2 cm³/mol. The van der Waals surface area contributed by atoms with Crippen LogP contribution < -0.4 is 10.6 Å². The van der Waals surface area contributed by atoms with Crippen LogP contribution in [0.2, 0.25) is 10.0 Å². The van der Waals surface area contributed by atoms with Crippen molar-refractivity contribution in [1.82, 2.24) is 0 Å². The number of benzene rings is 2.